The van der Waals surface area contributed by atoms with Crippen molar-refractivity contribution in [1.82, 2.24) is 0 Å². The summed E-state index contributed by atoms with van der Waals surface area (Å²) in [6, 6.07) is 10.9. The summed E-state index contributed by atoms with van der Waals surface area (Å²) in [5.41, 5.74) is 1.50. The summed E-state index contributed by atoms with van der Waals surface area (Å²) in [5, 5.41) is -1.65. The van der Waals surface area contributed by atoms with Crippen LogP contribution in [0.1, 0.15) is 76.7 Å². The molecule has 0 aromatic heterocycles. The Morgan fingerprint density at radius 1 is 0.667 bits per heavy atom. The summed E-state index contributed by atoms with van der Waals surface area (Å²) in [7, 11) is -9.24. The number of unbranched alkanes of at least 4 members (excludes halogenated alkanes) is 9. The monoisotopic (exact) mass is 422 g/mol. The summed E-state index contributed by atoms with van der Waals surface area (Å²) >= 11 is 0. The van der Waals surface area contributed by atoms with E-state index >= 15 is 0 Å². The molecule has 1 aromatic rings. The Morgan fingerprint density at radius 3 is 1.44 bits per heavy atom. The van der Waals surface area contributed by atoms with Gasteiger partial charge in [0.2, 0.25) is 5.08 Å². The van der Waals surface area contributed by atoms with Crippen molar-refractivity contribution >= 4 is 20.2 Å². The third-order valence-electron chi connectivity index (χ3n) is 3.96. The normalized spacial score (nSPS) is 11.7. The predicted molar refractivity (Wildman–Crippen MR) is 110 cm³/mol. The molecule has 2 N–H and O–H groups in total. The largest absolute Gasteiger partial charge is 0.285 e. The van der Waals surface area contributed by atoms with Crippen LogP contribution in [0.25, 0.3) is 0 Å². The Hall–Kier alpha value is -0.960. The fourth-order valence-electron chi connectivity index (χ4n) is 2.65. The van der Waals surface area contributed by atoms with Crippen LogP contribution in [0.3, 0.4) is 0 Å². The second-order valence-electron chi connectivity index (χ2n) is 6.70. The summed E-state index contributed by atoms with van der Waals surface area (Å²) in [5.74, 6) is 0. The number of benzene rings is 1. The Morgan fingerprint density at radius 2 is 1.07 bits per heavy atom. The fraction of sp³-hybridized carbons (Fsp3) is 0.684. The second kappa shape index (κ2) is 15.0. The third-order valence-corrected chi connectivity index (χ3v) is 6.34. The van der Waals surface area contributed by atoms with Gasteiger partial charge in [-0.3, -0.25) is 9.11 Å². The summed E-state index contributed by atoms with van der Waals surface area (Å²) in [4.78, 5) is 0. The standard InChI is InChI=1S/C18H30.CH4O6S2/c1-2-3-4-5-6-7-8-9-10-12-15-18-16-13-11-14-17-18;2-8(3,4)1-9(5,6)7/h11,13-14,16-17H,2-10,12,15H2,1H3;1H2,(H,2,3,4)(H,5,6,7). The number of hydrogen-bond donors (Lipinski definition) is 2. The Labute approximate surface area is 164 Å². The van der Waals surface area contributed by atoms with Gasteiger partial charge in [0.1, 0.15) is 0 Å². The number of aryl methyl sites for hydroxylation is 1. The minimum absolute atomic E-state index is 1.26. The highest BCUT2D eigenvalue weighted by atomic mass is 32.3. The van der Waals surface area contributed by atoms with Crippen molar-refractivity contribution in [3.8, 4) is 0 Å². The van der Waals surface area contributed by atoms with Crippen LogP contribution < -0.4 is 0 Å². The molecule has 0 bridgehead atoms. The van der Waals surface area contributed by atoms with Crippen molar-refractivity contribution in [3.63, 3.8) is 0 Å². The summed E-state index contributed by atoms with van der Waals surface area (Å²) in [6.07, 6.45) is 15.5. The highest BCUT2D eigenvalue weighted by molar-refractivity contribution is 8.02. The van der Waals surface area contributed by atoms with E-state index in [0.717, 1.165) is 0 Å². The lowest BCUT2D eigenvalue weighted by Crippen LogP contribution is -2.13. The topological polar surface area (TPSA) is 109 Å². The maximum atomic E-state index is 9.66. The van der Waals surface area contributed by atoms with Crippen LogP contribution in [0.4, 0.5) is 0 Å². The van der Waals surface area contributed by atoms with E-state index < -0.39 is 25.3 Å². The van der Waals surface area contributed by atoms with Crippen LogP contribution in [0.15, 0.2) is 30.3 Å². The molecule has 0 unspecified atom stereocenters. The maximum Gasteiger partial charge on any atom is 0.281 e. The van der Waals surface area contributed by atoms with Crippen molar-refractivity contribution in [2.75, 3.05) is 5.08 Å². The molecule has 8 heteroatoms. The molecule has 1 rings (SSSR count). The van der Waals surface area contributed by atoms with Crippen molar-refractivity contribution in [2.45, 2.75) is 77.6 Å². The van der Waals surface area contributed by atoms with E-state index in [0.29, 0.717) is 0 Å². The van der Waals surface area contributed by atoms with Gasteiger partial charge in [0.15, 0.2) is 0 Å². The van der Waals surface area contributed by atoms with E-state index in [2.05, 4.69) is 37.3 Å². The molecule has 0 atom stereocenters. The third kappa shape index (κ3) is 21.2. The first-order valence-corrected chi connectivity index (χ1v) is 12.8. The van der Waals surface area contributed by atoms with Gasteiger partial charge < -0.3 is 0 Å². The molecular formula is C19H34O6S2. The molecule has 0 amide bonds. The van der Waals surface area contributed by atoms with Gasteiger partial charge in [-0.15, -0.1) is 0 Å². The van der Waals surface area contributed by atoms with Gasteiger partial charge in [0, 0.05) is 0 Å². The fourth-order valence-corrected chi connectivity index (χ4v) is 4.16. The van der Waals surface area contributed by atoms with Crippen LogP contribution in [-0.2, 0) is 26.7 Å². The Bertz CT molecular complexity index is 639. The molecule has 0 fully saturated rings. The zero-order valence-electron chi connectivity index (χ0n) is 16.2. The van der Waals surface area contributed by atoms with Gasteiger partial charge in [0.25, 0.3) is 20.2 Å². The zero-order chi connectivity index (χ0) is 20.6. The molecule has 0 aliphatic rings. The minimum Gasteiger partial charge on any atom is -0.285 e. The van der Waals surface area contributed by atoms with Gasteiger partial charge >= 0.3 is 0 Å². The van der Waals surface area contributed by atoms with Crippen molar-refractivity contribution < 1.29 is 25.9 Å². The Kier molecular flexibility index (Phi) is 14.5. The van der Waals surface area contributed by atoms with Gasteiger partial charge in [-0.1, -0.05) is 95.0 Å². The molecular weight excluding hydrogens is 388 g/mol. The molecule has 158 valence electrons. The summed E-state index contributed by atoms with van der Waals surface area (Å²) < 4.78 is 54.2. The van der Waals surface area contributed by atoms with E-state index in [1.165, 1.54) is 76.2 Å². The number of hydrogen-bond acceptors (Lipinski definition) is 4. The first-order valence-electron chi connectivity index (χ1n) is 9.58. The predicted octanol–water partition coefficient (Wildman–Crippen LogP) is 4.87. The highest BCUT2D eigenvalue weighted by Crippen LogP contribution is 2.12. The summed E-state index contributed by atoms with van der Waals surface area (Å²) in [6.45, 7) is 2.28. The van der Waals surface area contributed by atoms with E-state index in [9.17, 15) is 16.8 Å². The van der Waals surface area contributed by atoms with Crippen molar-refractivity contribution in [1.29, 1.82) is 0 Å². The van der Waals surface area contributed by atoms with Crippen LogP contribution >= 0.6 is 0 Å². The van der Waals surface area contributed by atoms with Gasteiger partial charge in [-0.05, 0) is 18.4 Å². The lowest BCUT2D eigenvalue weighted by molar-refractivity contribution is 0.471. The lowest BCUT2D eigenvalue weighted by Gasteiger charge is -2.03. The highest BCUT2D eigenvalue weighted by Gasteiger charge is 2.15. The molecule has 6 nitrogen and oxygen atoms in total. The van der Waals surface area contributed by atoms with Crippen LogP contribution in [0, 0.1) is 0 Å². The molecule has 0 aliphatic carbocycles. The molecule has 0 saturated heterocycles. The van der Waals surface area contributed by atoms with Gasteiger partial charge in [-0.2, -0.15) is 16.8 Å². The van der Waals surface area contributed by atoms with Crippen LogP contribution in [0.2, 0.25) is 0 Å². The quantitative estimate of drug-likeness (QED) is 0.347. The molecule has 0 aliphatic heterocycles. The molecule has 27 heavy (non-hydrogen) atoms. The van der Waals surface area contributed by atoms with E-state index in [1.54, 1.807) is 0 Å². The zero-order valence-corrected chi connectivity index (χ0v) is 17.8. The Balaban J connectivity index is 0.000000636. The van der Waals surface area contributed by atoms with Crippen LogP contribution in [0.5, 0.6) is 0 Å². The SMILES string of the molecule is CCCCCCCCCCCCc1ccccc1.O=S(=O)(O)CS(=O)(=O)O. The van der Waals surface area contributed by atoms with E-state index in [-0.39, 0.29) is 0 Å². The number of rotatable bonds is 13. The maximum absolute atomic E-state index is 9.66. The van der Waals surface area contributed by atoms with Crippen molar-refractivity contribution in [2.24, 2.45) is 0 Å². The molecule has 1 aromatic carbocycles. The van der Waals surface area contributed by atoms with Gasteiger partial charge in [-0.25, -0.2) is 0 Å². The van der Waals surface area contributed by atoms with Crippen molar-refractivity contribution in [3.05, 3.63) is 35.9 Å². The van der Waals surface area contributed by atoms with E-state index in [1.807, 2.05) is 0 Å². The van der Waals surface area contributed by atoms with Gasteiger partial charge in [0.05, 0.1) is 0 Å². The average Bonchev–Trinajstić information content (AvgIpc) is 2.55. The lowest BCUT2D eigenvalue weighted by atomic mass is 10.0. The van der Waals surface area contributed by atoms with E-state index in [4.69, 9.17) is 9.11 Å². The van der Waals surface area contributed by atoms with Crippen LogP contribution in [-0.4, -0.2) is 31.0 Å². The second-order valence-corrected chi connectivity index (χ2v) is 9.97. The molecule has 0 saturated carbocycles. The minimum atomic E-state index is -4.62. The molecule has 0 heterocycles. The average molecular weight is 423 g/mol. The molecule has 0 radical (unpaired) electrons. The first-order chi connectivity index (χ1) is 12.6. The first kappa shape index (κ1) is 26.0. The molecule has 0 spiro atoms. The smallest absolute Gasteiger partial charge is 0.281 e.